The zero-order valence-electron chi connectivity index (χ0n) is 8.88. The normalized spacial score (nSPS) is 11.2. The molecule has 18 heavy (non-hydrogen) atoms. The molecule has 0 atom stereocenters. The zero-order chi connectivity index (χ0) is 13.3. The molecular weight excluding hydrogens is 288 g/mol. The minimum absolute atomic E-state index is 0.00104. The van der Waals surface area contributed by atoms with Crippen molar-refractivity contribution in [1.82, 2.24) is 9.78 Å². The van der Waals surface area contributed by atoms with Gasteiger partial charge in [-0.2, -0.15) is 5.10 Å². The highest BCUT2D eigenvalue weighted by Crippen LogP contribution is 2.30. The monoisotopic (exact) mass is 294 g/mol. The van der Waals surface area contributed by atoms with E-state index in [1.807, 2.05) is 0 Å². The number of rotatable bonds is 3. The van der Waals surface area contributed by atoms with Crippen LogP contribution < -0.4 is 0 Å². The lowest BCUT2D eigenvalue weighted by molar-refractivity contribution is 0.142. The molecule has 0 spiro atoms. The van der Waals surface area contributed by atoms with E-state index >= 15 is 0 Å². The highest BCUT2D eigenvalue weighted by atomic mass is 35.5. The Morgan fingerprint density at radius 3 is 2.61 bits per heavy atom. The third kappa shape index (κ3) is 2.20. The predicted molar refractivity (Wildman–Crippen MR) is 63.0 cm³/mol. The van der Waals surface area contributed by atoms with Gasteiger partial charge in [-0.3, -0.25) is 0 Å². The molecule has 0 saturated heterocycles. The second kappa shape index (κ2) is 5.20. The van der Waals surface area contributed by atoms with Gasteiger partial charge in [0.1, 0.15) is 17.2 Å². The third-order valence-corrected chi connectivity index (χ3v) is 2.98. The van der Waals surface area contributed by atoms with E-state index in [2.05, 4.69) is 5.10 Å². The van der Waals surface area contributed by atoms with Crippen molar-refractivity contribution in [2.45, 2.75) is 12.3 Å². The van der Waals surface area contributed by atoms with Gasteiger partial charge >= 0.3 is 0 Å². The second-order valence-electron chi connectivity index (χ2n) is 3.47. The molecular formula is C11H7Cl2F3N2. The molecule has 0 saturated carbocycles. The Bertz CT molecular complexity index is 549. The van der Waals surface area contributed by atoms with Crippen LogP contribution in [0.3, 0.4) is 0 Å². The fraction of sp³-hybridized carbons (Fsp3) is 0.182. The molecule has 1 aromatic heterocycles. The van der Waals surface area contributed by atoms with Crippen LogP contribution in [0.4, 0.5) is 13.2 Å². The molecule has 0 aliphatic heterocycles. The first kappa shape index (κ1) is 13.2. The lowest BCUT2D eigenvalue weighted by Gasteiger charge is -2.10. The quantitative estimate of drug-likeness (QED) is 0.770. The lowest BCUT2D eigenvalue weighted by Crippen LogP contribution is -2.06. The van der Waals surface area contributed by atoms with E-state index in [-0.39, 0.29) is 22.2 Å². The molecule has 0 bridgehead atoms. The summed E-state index contributed by atoms with van der Waals surface area (Å²) in [6.07, 6.45) is -1.64. The fourth-order valence-electron chi connectivity index (χ4n) is 1.60. The van der Waals surface area contributed by atoms with Gasteiger partial charge in [-0.1, -0.05) is 17.7 Å². The molecule has 0 N–H and O–H groups in total. The molecule has 7 heteroatoms. The Hall–Kier alpha value is -1.20. The van der Waals surface area contributed by atoms with Crippen LogP contribution in [0.5, 0.6) is 0 Å². The first-order valence-electron chi connectivity index (χ1n) is 4.91. The maximum absolute atomic E-state index is 13.7. The van der Waals surface area contributed by atoms with Crippen molar-refractivity contribution in [2.24, 2.45) is 0 Å². The molecule has 0 fully saturated rings. The van der Waals surface area contributed by atoms with Crippen molar-refractivity contribution in [1.29, 1.82) is 0 Å². The minimum atomic E-state index is -2.82. The molecule has 96 valence electrons. The van der Waals surface area contributed by atoms with Gasteiger partial charge in [0.15, 0.2) is 0 Å². The molecule has 0 aliphatic rings. The molecule has 0 radical (unpaired) electrons. The van der Waals surface area contributed by atoms with E-state index < -0.39 is 17.9 Å². The number of hydrogen-bond donors (Lipinski definition) is 0. The topological polar surface area (TPSA) is 17.8 Å². The van der Waals surface area contributed by atoms with E-state index in [0.717, 1.165) is 10.7 Å². The summed E-state index contributed by atoms with van der Waals surface area (Å²) in [6.45, 7) is 0. The summed E-state index contributed by atoms with van der Waals surface area (Å²) in [5, 5.41) is 3.73. The molecule has 0 unspecified atom stereocenters. The third-order valence-electron chi connectivity index (χ3n) is 2.39. The summed E-state index contributed by atoms with van der Waals surface area (Å²) in [4.78, 5) is 0. The Kier molecular flexibility index (Phi) is 3.82. The van der Waals surface area contributed by atoms with E-state index in [1.54, 1.807) is 0 Å². The van der Waals surface area contributed by atoms with Crippen molar-refractivity contribution < 1.29 is 13.2 Å². The van der Waals surface area contributed by atoms with E-state index in [0.29, 0.717) is 0 Å². The van der Waals surface area contributed by atoms with E-state index in [1.165, 1.54) is 18.3 Å². The van der Waals surface area contributed by atoms with Crippen LogP contribution in [-0.4, -0.2) is 9.78 Å². The average molecular weight is 295 g/mol. The minimum Gasteiger partial charge on any atom is -0.227 e. The molecule has 2 nitrogen and oxygen atoms in total. The van der Waals surface area contributed by atoms with Crippen molar-refractivity contribution in [3.63, 3.8) is 0 Å². The van der Waals surface area contributed by atoms with E-state index in [9.17, 15) is 13.2 Å². The summed E-state index contributed by atoms with van der Waals surface area (Å²) < 4.78 is 40.4. The molecule has 2 rings (SSSR count). The highest BCUT2D eigenvalue weighted by Gasteiger charge is 2.23. The largest absolute Gasteiger partial charge is 0.280 e. The highest BCUT2D eigenvalue weighted by molar-refractivity contribution is 6.32. The summed E-state index contributed by atoms with van der Waals surface area (Å²) in [7, 11) is 0. The number of alkyl halides is 3. The molecule has 2 aromatic rings. The van der Waals surface area contributed by atoms with Crippen LogP contribution in [0.15, 0.2) is 24.4 Å². The van der Waals surface area contributed by atoms with Crippen LogP contribution >= 0.6 is 23.2 Å². The SMILES string of the molecule is Fc1cccc(Cl)c1-n1ncc(CCl)c1C(F)F. The maximum Gasteiger partial charge on any atom is 0.280 e. The van der Waals surface area contributed by atoms with Gasteiger partial charge in [-0.05, 0) is 12.1 Å². The standard InChI is InChI=1S/C11H7Cl2F3N2/c12-4-6-5-17-18(9(6)11(15)16)10-7(13)2-1-3-8(10)14/h1-3,5,11H,4H2. The number of para-hydroxylation sites is 1. The van der Waals surface area contributed by atoms with Gasteiger partial charge < -0.3 is 0 Å². The smallest absolute Gasteiger partial charge is 0.227 e. The number of hydrogen-bond acceptors (Lipinski definition) is 1. The average Bonchev–Trinajstić information content (AvgIpc) is 2.72. The summed E-state index contributed by atoms with van der Waals surface area (Å²) in [6, 6.07) is 3.91. The Morgan fingerprint density at radius 2 is 2.06 bits per heavy atom. The second-order valence-corrected chi connectivity index (χ2v) is 4.15. The van der Waals surface area contributed by atoms with Crippen molar-refractivity contribution in [2.75, 3.05) is 0 Å². The Morgan fingerprint density at radius 1 is 1.33 bits per heavy atom. The Balaban J connectivity index is 2.68. The summed E-state index contributed by atoms with van der Waals surface area (Å²) in [5.74, 6) is -0.861. The van der Waals surface area contributed by atoms with Crippen LogP contribution in [-0.2, 0) is 5.88 Å². The molecule has 0 amide bonds. The van der Waals surface area contributed by atoms with Crippen LogP contribution in [0, 0.1) is 5.82 Å². The van der Waals surface area contributed by atoms with Gasteiger partial charge in [0.05, 0.1) is 17.1 Å². The van der Waals surface area contributed by atoms with Crippen molar-refractivity contribution >= 4 is 23.2 Å². The number of halogens is 5. The van der Waals surface area contributed by atoms with Gasteiger partial charge in [0.2, 0.25) is 0 Å². The lowest BCUT2D eigenvalue weighted by atomic mass is 10.2. The number of aromatic nitrogens is 2. The zero-order valence-corrected chi connectivity index (χ0v) is 10.4. The van der Waals surface area contributed by atoms with E-state index in [4.69, 9.17) is 23.2 Å². The fourth-order valence-corrected chi connectivity index (χ4v) is 2.05. The molecule has 0 aliphatic carbocycles. The first-order valence-corrected chi connectivity index (χ1v) is 5.82. The molecule has 1 aromatic carbocycles. The maximum atomic E-state index is 13.7. The Labute approximate surface area is 111 Å². The van der Waals surface area contributed by atoms with Crippen molar-refractivity contribution in [3.05, 3.63) is 46.5 Å². The summed E-state index contributed by atoms with van der Waals surface area (Å²) in [5.41, 5.74) is -0.506. The van der Waals surface area contributed by atoms with Gasteiger partial charge in [0, 0.05) is 5.56 Å². The predicted octanol–water partition coefficient (Wildman–Crippen LogP) is 4.34. The van der Waals surface area contributed by atoms with Crippen LogP contribution in [0.2, 0.25) is 5.02 Å². The first-order chi connectivity index (χ1) is 8.56. The molecule has 1 heterocycles. The number of benzene rings is 1. The van der Waals surface area contributed by atoms with Crippen molar-refractivity contribution in [3.8, 4) is 5.69 Å². The van der Waals surface area contributed by atoms with Crippen LogP contribution in [0.1, 0.15) is 17.7 Å². The van der Waals surface area contributed by atoms with Gasteiger partial charge in [-0.25, -0.2) is 17.9 Å². The summed E-state index contributed by atoms with van der Waals surface area (Å²) >= 11 is 11.4. The number of nitrogens with zero attached hydrogens (tertiary/aromatic N) is 2. The van der Waals surface area contributed by atoms with Gasteiger partial charge in [-0.15, -0.1) is 11.6 Å². The van der Waals surface area contributed by atoms with Crippen LogP contribution in [0.25, 0.3) is 5.69 Å². The van der Waals surface area contributed by atoms with Gasteiger partial charge in [0.25, 0.3) is 6.43 Å².